The van der Waals surface area contributed by atoms with Gasteiger partial charge >= 0.3 is 0 Å². The fraction of sp³-hybridized carbons (Fsp3) is 0.364. The van der Waals surface area contributed by atoms with E-state index >= 15 is 0 Å². The van der Waals surface area contributed by atoms with E-state index in [0.29, 0.717) is 48.7 Å². The largest absolute Gasteiger partial charge is 0.497 e. The second-order valence-corrected chi connectivity index (χ2v) is 7.67. The summed E-state index contributed by atoms with van der Waals surface area (Å²) in [6.07, 6.45) is 1.37. The van der Waals surface area contributed by atoms with Crippen LogP contribution in [0.25, 0.3) is 0 Å². The zero-order chi connectivity index (χ0) is 22.0. The molecule has 2 heterocycles. The molecule has 2 aliphatic rings. The number of ether oxygens (including phenoxy) is 3. The van der Waals surface area contributed by atoms with Crippen molar-refractivity contribution in [3.63, 3.8) is 0 Å². The van der Waals surface area contributed by atoms with Gasteiger partial charge in [0.25, 0.3) is 11.6 Å². The van der Waals surface area contributed by atoms with E-state index in [1.54, 1.807) is 30.2 Å². The van der Waals surface area contributed by atoms with Gasteiger partial charge in [-0.15, -0.1) is 0 Å². The van der Waals surface area contributed by atoms with Crippen LogP contribution in [0.1, 0.15) is 29.6 Å². The first kappa shape index (κ1) is 20.6. The highest BCUT2D eigenvalue weighted by Crippen LogP contribution is 2.40. The lowest BCUT2D eigenvalue weighted by Gasteiger charge is -2.43. The molecule has 9 heteroatoms. The standard InChI is InChI=1S/C22H22N2O7/c1-29-17-6-7-20-18(12-17)19(25)13-22(31-20)8-10-23(11-9-22)21(26)14-30-16-4-2-15(3-5-16)24(27)28/h2-7,12H,8-11,13-14H2,1H3. The molecule has 0 aromatic heterocycles. The highest BCUT2D eigenvalue weighted by molar-refractivity contribution is 6.00. The Hall–Kier alpha value is -3.62. The molecule has 9 nitrogen and oxygen atoms in total. The van der Waals surface area contributed by atoms with Crippen molar-refractivity contribution in [3.8, 4) is 17.2 Å². The van der Waals surface area contributed by atoms with Gasteiger partial charge in [0, 0.05) is 38.1 Å². The molecule has 1 saturated heterocycles. The van der Waals surface area contributed by atoms with Gasteiger partial charge in [-0.3, -0.25) is 19.7 Å². The minimum absolute atomic E-state index is 0.0152. The van der Waals surface area contributed by atoms with E-state index < -0.39 is 10.5 Å². The van der Waals surface area contributed by atoms with Crippen molar-refractivity contribution in [1.82, 2.24) is 4.90 Å². The van der Waals surface area contributed by atoms with E-state index in [0.717, 1.165) is 0 Å². The number of benzene rings is 2. The number of piperidine rings is 1. The first-order valence-electron chi connectivity index (χ1n) is 9.94. The number of nitrogens with zero attached hydrogens (tertiary/aromatic N) is 2. The topological polar surface area (TPSA) is 108 Å². The maximum absolute atomic E-state index is 12.7. The van der Waals surface area contributed by atoms with Crippen molar-refractivity contribution in [3.05, 3.63) is 58.1 Å². The van der Waals surface area contributed by atoms with Gasteiger partial charge in [0.1, 0.15) is 22.8 Å². The third kappa shape index (κ3) is 4.30. The van der Waals surface area contributed by atoms with Crippen LogP contribution in [0.15, 0.2) is 42.5 Å². The Bertz CT molecular complexity index is 1010. The average molecular weight is 426 g/mol. The Morgan fingerprint density at radius 1 is 1.16 bits per heavy atom. The van der Waals surface area contributed by atoms with E-state index in [9.17, 15) is 19.7 Å². The van der Waals surface area contributed by atoms with Gasteiger partial charge in [-0.05, 0) is 30.3 Å². The number of carbonyl (C=O) groups is 2. The van der Waals surface area contributed by atoms with Crippen LogP contribution in [0.2, 0.25) is 0 Å². The molecule has 1 fully saturated rings. The predicted octanol–water partition coefficient (Wildman–Crippen LogP) is 3.01. The third-order valence-corrected chi connectivity index (χ3v) is 5.73. The summed E-state index contributed by atoms with van der Waals surface area (Å²) in [4.78, 5) is 37.1. The molecule has 2 aromatic carbocycles. The van der Waals surface area contributed by atoms with Gasteiger partial charge in [-0.1, -0.05) is 0 Å². The summed E-state index contributed by atoms with van der Waals surface area (Å²) in [5.41, 5.74) is -0.115. The van der Waals surface area contributed by atoms with E-state index in [1.165, 1.54) is 24.3 Å². The summed E-state index contributed by atoms with van der Waals surface area (Å²) in [6.45, 7) is 0.760. The molecular weight excluding hydrogens is 404 g/mol. The quantitative estimate of drug-likeness (QED) is 0.534. The maximum Gasteiger partial charge on any atom is 0.269 e. The molecular formula is C22H22N2O7. The number of nitro groups is 1. The Labute approximate surface area is 178 Å². The van der Waals surface area contributed by atoms with Crippen LogP contribution < -0.4 is 14.2 Å². The lowest BCUT2D eigenvalue weighted by Crippen LogP contribution is -2.53. The molecule has 4 rings (SSSR count). The van der Waals surface area contributed by atoms with Gasteiger partial charge in [0.2, 0.25) is 0 Å². The molecule has 0 radical (unpaired) electrons. The number of amides is 1. The Morgan fingerprint density at radius 2 is 1.84 bits per heavy atom. The summed E-state index contributed by atoms with van der Waals surface area (Å²) in [5.74, 6) is 1.39. The van der Waals surface area contributed by atoms with Gasteiger partial charge in [0.05, 0.1) is 24.0 Å². The molecule has 2 aromatic rings. The molecule has 2 aliphatic heterocycles. The van der Waals surface area contributed by atoms with Crippen molar-refractivity contribution in [2.45, 2.75) is 24.9 Å². The number of rotatable bonds is 5. The Morgan fingerprint density at radius 3 is 2.48 bits per heavy atom. The average Bonchev–Trinajstić information content (AvgIpc) is 2.78. The molecule has 0 bridgehead atoms. The number of nitro benzene ring substituents is 1. The molecule has 1 spiro atoms. The first-order valence-corrected chi connectivity index (χ1v) is 9.94. The second-order valence-electron chi connectivity index (χ2n) is 7.67. The minimum atomic E-state index is -0.603. The molecule has 0 aliphatic carbocycles. The number of likely N-dealkylation sites (tertiary alicyclic amines) is 1. The monoisotopic (exact) mass is 426 g/mol. The molecule has 162 valence electrons. The normalized spacial score (nSPS) is 16.9. The summed E-state index contributed by atoms with van der Waals surface area (Å²) < 4.78 is 16.9. The maximum atomic E-state index is 12.7. The zero-order valence-electron chi connectivity index (χ0n) is 17.0. The Balaban J connectivity index is 1.33. The summed E-state index contributed by atoms with van der Waals surface area (Å²) in [5, 5.41) is 10.7. The first-order chi connectivity index (χ1) is 14.9. The highest BCUT2D eigenvalue weighted by atomic mass is 16.6. The van der Waals surface area contributed by atoms with Crippen LogP contribution in [0, 0.1) is 10.1 Å². The van der Waals surface area contributed by atoms with Gasteiger partial charge < -0.3 is 19.1 Å². The number of hydrogen-bond acceptors (Lipinski definition) is 7. The van der Waals surface area contributed by atoms with Crippen molar-refractivity contribution in [1.29, 1.82) is 0 Å². The summed E-state index contributed by atoms with van der Waals surface area (Å²) in [7, 11) is 1.55. The molecule has 0 N–H and O–H groups in total. The Kier molecular flexibility index (Phi) is 5.50. The number of carbonyl (C=O) groups excluding carboxylic acids is 2. The zero-order valence-corrected chi connectivity index (χ0v) is 17.0. The number of non-ortho nitro benzene ring substituents is 1. The fourth-order valence-corrected chi connectivity index (χ4v) is 3.94. The number of Topliss-reactive ketones (excluding diaryl/α,β-unsaturated/α-hetero) is 1. The lowest BCUT2D eigenvalue weighted by atomic mass is 9.82. The van der Waals surface area contributed by atoms with Crippen molar-refractivity contribution >= 4 is 17.4 Å². The predicted molar refractivity (Wildman–Crippen MR) is 110 cm³/mol. The van der Waals surface area contributed by atoms with Gasteiger partial charge in [-0.2, -0.15) is 0 Å². The van der Waals surface area contributed by atoms with Gasteiger partial charge in [0.15, 0.2) is 12.4 Å². The number of methoxy groups -OCH3 is 1. The number of hydrogen-bond donors (Lipinski definition) is 0. The van der Waals surface area contributed by atoms with Crippen LogP contribution in [-0.4, -0.2) is 53.9 Å². The summed E-state index contributed by atoms with van der Waals surface area (Å²) >= 11 is 0. The van der Waals surface area contributed by atoms with Crippen LogP contribution in [0.3, 0.4) is 0 Å². The summed E-state index contributed by atoms with van der Waals surface area (Å²) in [6, 6.07) is 10.8. The van der Waals surface area contributed by atoms with Crippen LogP contribution >= 0.6 is 0 Å². The van der Waals surface area contributed by atoms with Crippen LogP contribution in [0.4, 0.5) is 5.69 Å². The lowest BCUT2D eigenvalue weighted by molar-refractivity contribution is -0.384. The molecule has 0 saturated carbocycles. The van der Waals surface area contributed by atoms with Crippen molar-refractivity contribution < 1.29 is 28.7 Å². The van der Waals surface area contributed by atoms with E-state index in [4.69, 9.17) is 14.2 Å². The number of ketones is 1. The molecule has 31 heavy (non-hydrogen) atoms. The van der Waals surface area contributed by atoms with E-state index in [2.05, 4.69) is 0 Å². The third-order valence-electron chi connectivity index (χ3n) is 5.73. The van der Waals surface area contributed by atoms with Gasteiger partial charge in [-0.25, -0.2) is 0 Å². The second kappa shape index (κ2) is 8.25. The smallest absolute Gasteiger partial charge is 0.269 e. The van der Waals surface area contributed by atoms with Crippen LogP contribution in [-0.2, 0) is 4.79 Å². The van der Waals surface area contributed by atoms with E-state index in [1.807, 2.05) is 0 Å². The van der Waals surface area contributed by atoms with Crippen LogP contribution in [0.5, 0.6) is 17.2 Å². The van der Waals surface area contributed by atoms with E-state index in [-0.39, 0.29) is 30.4 Å². The fourth-order valence-electron chi connectivity index (χ4n) is 3.94. The van der Waals surface area contributed by atoms with Crippen molar-refractivity contribution in [2.24, 2.45) is 0 Å². The molecule has 1 amide bonds. The SMILES string of the molecule is COc1ccc2c(c1)C(=O)CC1(CCN(C(=O)COc3ccc([N+](=O)[O-])cc3)CC1)O2. The number of fused-ring (bicyclic) bond motifs is 1. The highest BCUT2D eigenvalue weighted by Gasteiger charge is 2.43. The molecule has 0 atom stereocenters. The minimum Gasteiger partial charge on any atom is -0.497 e. The molecule has 0 unspecified atom stereocenters. The van der Waals surface area contributed by atoms with Crippen molar-refractivity contribution in [2.75, 3.05) is 26.8 Å².